The highest BCUT2D eigenvalue weighted by Gasteiger charge is 2.31. The van der Waals surface area contributed by atoms with Crippen LogP contribution >= 0.6 is 11.8 Å². The molecule has 0 bridgehead atoms. The second kappa shape index (κ2) is 8.84. The summed E-state index contributed by atoms with van der Waals surface area (Å²) in [6, 6.07) is 16.0. The zero-order valence-electron chi connectivity index (χ0n) is 16.3. The van der Waals surface area contributed by atoms with Gasteiger partial charge in [0.1, 0.15) is 12.3 Å². The summed E-state index contributed by atoms with van der Waals surface area (Å²) in [7, 11) is 1.56. The number of thioether (sulfide) groups is 1. The number of hydrogen-bond donors (Lipinski definition) is 0. The maximum absolute atomic E-state index is 13.2. The summed E-state index contributed by atoms with van der Waals surface area (Å²) in [5, 5.41) is 4.17. The van der Waals surface area contributed by atoms with Crippen molar-refractivity contribution in [2.24, 2.45) is 0 Å². The summed E-state index contributed by atoms with van der Waals surface area (Å²) in [5.74, 6) is 1.49. The van der Waals surface area contributed by atoms with E-state index in [1.54, 1.807) is 55.6 Å². The number of methoxy groups -OCH3 is 1. The maximum Gasteiger partial charge on any atom is 0.406 e. The lowest BCUT2D eigenvalue weighted by molar-refractivity contribution is -0.141. The van der Waals surface area contributed by atoms with Gasteiger partial charge in [-0.2, -0.15) is 18.2 Å². The third-order valence-electron chi connectivity index (χ3n) is 4.35. The van der Waals surface area contributed by atoms with E-state index in [0.717, 1.165) is 16.3 Å². The number of imidazole rings is 1. The molecule has 0 fully saturated rings. The average molecular weight is 446 g/mol. The summed E-state index contributed by atoms with van der Waals surface area (Å²) in [4.78, 5) is 8.53. The quantitative estimate of drug-likeness (QED) is 0.351. The fraction of sp³-hybridized carbons (Fsp3) is 0.190. The van der Waals surface area contributed by atoms with Gasteiger partial charge in [0.2, 0.25) is 11.7 Å². The van der Waals surface area contributed by atoms with E-state index in [4.69, 9.17) is 9.26 Å². The molecule has 0 saturated heterocycles. The number of hydrogen-bond acceptors (Lipinski definition) is 6. The number of rotatable bonds is 7. The Morgan fingerprint density at radius 1 is 1.06 bits per heavy atom. The van der Waals surface area contributed by atoms with Gasteiger partial charge in [0, 0.05) is 5.56 Å². The third-order valence-corrected chi connectivity index (χ3v) is 5.32. The zero-order chi connectivity index (χ0) is 21.8. The van der Waals surface area contributed by atoms with Crippen molar-refractivity contribution in [3.05, 3.63) is 66.7 Å². The molecule has 0 aliphatic heterocycles. The topological polar surface area (TPSA) is 66.0 Å². The molecule has 31 heavy (non-hydrogen) atoms. The third kappa shape index (κ3) is 5.08. The van der Waals surface area contributed by atoms with Crippen molar-refractivity contribution >= 4 is 11.8 Å². The first-order valence-electron chi connectivity index (χ1n) is 9.20. The fourth-order valence-electron chi connectivity index (χ4n) is 2.96. The van der Waals surface area contributed by atoms with Crippen LogP contribution in [0.3, 0.4) is 0 Å². The van der Waals surface area contributed by atoms with Crippen molar-refractivity contribution in [2.75, 3.05) is 7.11 Å². The molecule has 0 amide bonds. The molecule has 0 unspecified atom stereocenters. The summed E-state index contributed by atoms with van der Waals surface area (Å²) < 4.78 is 51.2. The Labute approximate surface area is 180 Å². The second-order valence-corrected chi connectivity index (χ2v) is 7.47. The van der Waals surface area contributed by atoms with Crippen LogP contribution in [0.4, 0.5) is 13.2 Å². The van der Waals surface area contributed by atoms with E-state index in [9.17, 15) is 13.2 Å². The van der Waals surface area contributed by atoms with Crippen LogP contribution in [-0.2, 0) is 12.3 Å². The molecule has 4 rings (SSSR count). The van der Waals surface area contributed by atoms with Gasteiger partial charge in [0.05, 0.1) is 24.8 Å². The molecule has 4 aromatic rings. The summed E-state index contributed by atoms with van der Waals surface area (Å²) in [6.45, 7) is -1.14. The molecule has 0 radical (unpaired) electrons. The lowest BCUT2D eigenvalue weighted by atomic mass is 10.2. The molecule has 2 aromatic heterocycles. The Kier molecular flexibility index (Phi) is 5.99. The predicted molar refractivity (Wildman–Crippen MR) is 110 cm³/mol. The van der Waals surface area contributed by atoms with Crippen molar-refractivity contribution in [3.63, 3.8) is 0 Å². The molecule has 0 aliphatic carbocycles. The van der Waals surface area contributed by atoms with E-state index in [-0.39, 0.29) is 16.8 Å². The first kappa shape index (κ1) is 21.0. The highest BCUT2D eigenvalue weighted by Crippen LogP contribution is 2.31. The van der Waals surface area contributed by atoms with Crippen molar-refractivity contribution in [2.45, 2.75) is 23.6 Å². The number of alkyl halides is 3. The Bertz CT molecular complexity index is 1160. The van der Waals surface area contributed by atoms with E-state index in [2.05, 4.69) is 15.1 Å². The lowest BCUT2D eigenvalue weighted by Crippen LogP contribution is -2.19. The van der Waals surface area contributed by atoms with E-state index in [1.807, 2.05) is 6.07 Å². The van der Waals surface area contributed by atoms with Gasteiger partial charge in [-0.1, -0.05) is 59.4 Å². The Hall–Kier alpha value is -3.27. The van der Waals surface area contributed by atoms with Crippen LogP contribution in [0.5, 0.6) is 5.75 Å². The molecule has 0 saturated carbocycles. The number of halogens is 3. The normalized spacial score (nSPS) is 11.6. The first-order valence-corrected chi connectivity index (χ1v) is 10.2. The van der Waals surface area contributed by atoms with E-state index in [1.165, 1.54) is 6.20 Å². The van der Waals surface area contributed by atoms with Gasteiger partial charge in [-0.15, -0.1) is 0 Å². The Morgan fingerprint density at radius 2 is 1.84 bits per heavy atom. The largest absolute Gasteiger partial charge is 0.497 e. The van der Waals surface area contributed by atoms with Crippen molar-refractivity contribution in [3.8, 4) is 28.4 Å². The van der Waals surface area contributed by atoms with Gasteiger partial charge in [-0.05, 0) is 17.7 Å². The van der Waals surface area contributed by atoms with Crippen molar-refractivity contribution in [1.82, 2.24) is 19.7 Å². The number of benzene rings is 2. The molecule has 2 aromatic carbocycles. The molecule has 160 valence electrons. The molecule has 10 heteroatoms. The minimum Gasteiger partial charge on any atom is -0.497 e. The highest BCUT2D eigenvalue weighted by atomic mass is 32.2. The van der Waals surface area contributed by atoms with Gasteiger partial charge < -0.3 is 13.8 Å². The maximum atomic E-state index is 13.2. The average Bonchev–Trinajstić information content (AvgIpc) is 3.39. The van der Waals surface area contributed by atoms with Gasteiger partial charge in [-0.25, -0.2) is 4.98 Å². The Balaban J connectivity index is 1.55. The monoisotopic (exact) mass is 446 g/mol. The van der Waals surface area contributed by atoms with Crippen LogP contribution in [0.1, 0.15) is 5.89 Å². The van der Waals surface area contributed by atoms with Crippen molar-refractivity contribution in [1.29, 1.82) is 0 Å². The van der Waals surface area contributed by atoms with Gasteiger partial charge >= 0.3 is 6.18 Å². The summed E-state index contributed by atoms with van der Waals surface area (Å²) in [6.07, 6.45) is -2.94. The number of aromatic nitrogens is 4. The smallest absolute Gasteiger partial charge is 0.406 e. The lowest BCUT2D eigenvalue weighted by Gasteiger charge is -2.13. The van der Waals surface area contributed by atoms with Crippen LogP contribution < -0.4 is 4.74 Å². The summed E-state index contributed by atoms with van der Waals surface area (Å²) >= 11 is 1.10. The van der Waals surface area contributed by atoms with E-state index < -0.39 is 12.7 Å². The predicted octanol–water partition coefficient (Wildman–Crippen LogP) is 5.46. The minimum absolute atomic E-state index is 0.181. The first-order chi connectivity index (χ1) is 14.9. The number of ether oxygens (including phenoxy) is 1. The van der Waals surface area contributed by atoms with Gasteiger partial charge in [0.25, 0.3) is 0 Å². The van der Waals surface area contributed by atoms with Crippen LogP contribution in [0, 0.1) is 0 Å². The standard InChI is InChI=1S/C21H17F3N4O2S/c1-29-16-9-5-8-15(10-16)19-26-18(30-27-19)12-31-20-25-11-17(14-6-3-2-4-7-14)28(20)13-21(22,23)24/h2-11H,12-13H2,1H3. The molecule has 0 atom stereocenters. The molecule has 0 aliphatic rings. The van der Waals surface area contributed by atoms with Crippen molar-refractivity contribution < 1.29 is 22.4 Å². The molecular weight excluding hydrogens is 429 g/mol. The van der Waals surface area contributed by atoms with Gasteiger partial charge in [0.15, 0.2) is 5.16 Å². The highest BCUT2D eigenvalue weighted by molar-refractivity contribution is 7.98. The fourth-order valence-corrected chi connectivity index (χ4v) is 3.78. The number of nitrogens with zero attached hydrogens (tertiary/aromatic N) is 4. The van der Waals surface area contributed by atoms with E-state index in [0.29, 0.717) is 28.4 Å². The zero-order valence-corrected chi connectivity index (χ0v) is 17.2. The molecular formula is C21H17F3N4O2S. The SMILES string of the molecule is COc1cccc(-c2noc(CSc3ncc(-c4ccccc4)n3CC(F)(F)F)n2)c1. The molecule has 0 N–H and O–H groups in total. The second-order valence-electron chi connectivity index (χ2n) is 6.53. The van der Waals surface area contributed by atoms with Crippen LogP contribution in [0.25, 0.3) is 22.6 Å². The molecule has 6 nitrogen and oxygen atoms in total. The van der Waals surface area contributed by atoms with E-state index >= 15 is 0 Å². The van der Waals surface area contributed by atoms with Crippen LogP contribution in [0.2, 0.25) is 0 Å². The van der Waals surface area contributed by atoms with Crippen LogP contribution in [-0.4, -0.2) is 33.0 Å². The molecule has 0 spiro atoms. The summed E-state index contributed by atoms with van der Waals surface area (Å²) in [5.41, 5.74) is 1.76. The Morgan fingerprint density at radius 3 is 2.58 bits per heavy atom. The molecule has 2 heterocycles. The minimum atomic E-state index is -4.39. The van der Waals surface area contributed by atoms with Crippen LogP contribution in [0.15, 0.2) is 70.5 Å². The van der Waals surface area contributed by atoms with Gasteiger partial charge in [-0.3, -0.25) is 0 Å².